The molecule has 0 spiro atoms. The van der Waals surface area contributed by atoms with Crippen LogP contribution in [-0.2, 0) is 4.79 Å². The summed E-state index contributed by atoms with van der Waals surface area (Å²) in [7, 11) is 0. The molecule has 0 aromatic heterocycles. The van der Waals surface area contributed by atoms with E-state index in [-0.39, 0.29) is 5.91 Å². The van der Waals surface area contributed by atoms with Gasteiger partial charge in [-0.15, -0.1) is 0 Å². The van der Waals surface area contributed by atoms with Crippen molar-refractivity contribution in [2.75, 3.05) is 13.1 Å². The minimum Gasteiger partial charge on any atom is -0.356 e. The lowest BCUT2D eigenvalue weighted by atomic mass is 9.94. The van der Waals surface area contributed by atoms with Crippen LogP contribution in [0.3, 0.4) is 0 Å². The number of rotatable bonds is 6. The van der Waals surface area contributed by atoms with Gasteiger partial charge in [-0.1, -0.05) is 27.7 Å². The second-order valence-corrected chi connectivity index (χ2v) is 4.57. The molecule has 84 valence electrons. The van der Waals surface area contributed by atoms with Crippen LogP contribution in [0.2, 0.25) is 0 Å². The van der Waals surface area contributed by atoms with Crippen molar-refractivity contribution in [1.29, 1.82) is 0 Å². The summed E-state index contributed by atoms with van der Waals surface area (Å²) in [4.78, 5) is 11.4. The number of nitrogens with one attached hydrogen (secondary N) is 1. The lowest BCUT2D eigenvalue weighted by Gasteiger charge is -2.16. The van der Waals surface area contributed by atoms with E-state index in [4.69, 9.17) is 5.73 Å². The molecule has 0 aromatic carbocycles. The van der Waals surface area contributed by atoms with Crippen LogP contribution < -0.4 is 11.1 Å². The van der Waals surface area contributed by atoms with Gasteiger partial charge in [0, 0.05) is 13.0 Å². The third-order valence-corrected chi connectivity index (χ3v) is 2.70. The molecule has 1 amide bonds. The van der Waals surface area contributed by atoms with Gasteiger partial charge >= 0.3 is 0 Å². The van der Waals surface area contributed by atoms with Crippen molar-refractivity contribution in [3.05, 3.63) is 0 Å². The molecule has 0 rings (SSSR count). The molecule has 0 radical (unpaired) electrons. The smallest absolute Gasteiger partial charge is 0.220 e. The van der Waals surface area contributed by atoms with Gasteiger partial charge in [0.1, 0.15) is 0 Å². The highest BCUT2D eigenvalue weighted by molar-refractivity contribution is 5.76. The number of amides is 1. The van der Waals surface area contributed by atoms with E-state index < -0.39 is 0 Å². The summed E-state index contributed by atoms with van der Waals surface area (Å²) in [6, 6.07) is 0. The minimum absolute atomic E-state index is 0.145. The van der Waals surface area contributed by atoms with Gasteiger partial charge in [-0.05, 0) is 24.3 Å². The number of hydrogen-bond acceptors (Lipinski definition) is 2. The Kier molecular flexibility index (Phi) is 6.54. The summed E-state index contributed by atoms with van der Waals surface area (Å²) >= 11 is 0. The van der Waals surface area contributed by atoms with Crippen molar-refractivity contribution >= 4 is 5.91 Å². The fourth-order valence-corrected chi connectivity index (χ4v) is 0.972. The molecule has 3 N–H and O–H groups in total. The van der Waals surface area contributed by atoms with Crippen molar-refractivity contribution in [3.63, 3.8) is 0 Å². The average molecular weight is 200 g/mol. The first-order valence-electron chi connectivity index (χ1n) is 5.44. The van der Waals surface area contributed by atoms with E-state index in [1.165, 1.54) is 0 Å². The maximum atomic E-state index is 11.4. The van der Waals surface area contributed by atoms with Crippen molar-refractivity contribution in [3.8, 4) is 0 Å². The fourth-order valence-electron chi connectivity index (χ4n) is 0.972. The first-order valence-corrected chi connectivity index (χ1v) is 5.44. The Labute approximate surface area is 87.4 Å². The molecule has 0 aliphatic rings. The zero-order chi connectivity index (χ0) is 11.1. The third-order valence-electron chi connectivity index (χ3n) is 2.70. The predicted octanol–water partition coefficient (Wildman–Crippen LogP) is 1.38. The number of carbonyl (C=O) groups excluding carboxylic acids is 1. The highest BCUT2D eigenvalue weighted by atomic mass is 16.1. The molecule has 0 fully saturated rings. The van der Waals surface area contributed by atoms with Gasteiger partial charge < -0.3 is 11.1 Å². The Morgan fingerprint density at radius 1 is 1.29 bits per heavy atom. The lowest BCUT2D eigenvalue weighted by molar-refractivity contribution is -0.122. The molecule has 3 heteroatoms. The van der Waals surface area contributed by atoms with E-state index >= 15 is 0 Å². The monoisotopic (exact) mass is 200 g/mol. The van der Waals surface area contributed by atoms with E-state index in [2.05, 4.69) is 26.1 Å². The SMILES string of the molecule is CC(CN)CNC(=O)CC(C)C(C)C. The minimum atomic E-state index is 0.145. The van der Waals surface area contributed by atoms with Crippen LogP contribution >= 0.6 is 0 Å². The standard InChI is InChI=1S/C11H24N2O/c1-8(2)10(4)5-11(14)13-7-9(3)6-12/h8-10H,5-7,12H2,1-4H3,(H,13,14). The zero-order valence-corrected chi connectivity index (χ0v) is 9.84. The number of carbonyl (C=O) groups is 1. The summed E-state index contributed by atoms with van der Waals surface area (Å²) < 4.78 is 0. The van der Waals surface area contributed by atoms with Crippen molar-refractivity contribution in [2.24, 2.45) is 23.5 Å². The van der Waals surface area contributed by atoms with E-state index in [0.717, 1.165) is 0 Å². The predicted molar refractivity (Wildman–Crippen MR) is 59.8 cm³/mol. The van der Waals surface area contributed by atoms with E-state index in [1.54, 1.807) is 0 Å². The molecule has 0 saturated heterocycles. The maximum absolute atomic E-state index is 11.4. The summed E-state index contributed by atoms with van der Waals surface area (Å²) in [5.74, 6) is 1.52. The Hall–Kier alpha value is -0.570. The summed E-state index contributed by atoms with van der Waals surface area (Å²) in [5, 5.41) is 2.90. The molecule has 0 aliphatic carbocycles. The van der Waals surface area contributed by atoms with Gasteiger partial charge in [0.25, 0.3) is 0 Å². The highest BCUT2D eigenvalue weighted by Gasteiger charge is 2.12. The zero-order valence-electron chi connectivity index (χ0n) is 9.84. The molecular weight excluding hydrogens is 176 g/mol. The maximum Gasteiger partial charge on any atom is 0.220 e. The van der Waals surface area contributed by atoms with Gasteiger partial charge in [-0.25, -0.2) is 0 Å². The molecule has 14 heavy (non-hydrogen) atoms. The van der Waals surface area contributed by atoms with Crippen LogP contribution in [0.25, 0.3) is 0 Å². The van der Waals surface area contributed by atoms with Crippen LogP contribution in [0, 0.1) is 17.8 Å². The van der Waals surface area contributed by atoms with Gasteiger partial charge in [0.05, 0.1) is 0 Å². The topological polar surface area (TPSA) is 55.1 Å². The number of hydrogen-bond donors (Lipinski definition) is 2. The van der Waals surface area contributed by atoms with Gasteiger partial charge in [0.2, 0.25) is 5.91 Å². The quantitative estimate of drug-likeness (QED) is 0.680. The van der Waals surface area contributed by atoms with Crippen LogP contribution in [-0.4, -0.2) is 19.0 Å². The Morgan fingerprint density at radius 3 is 2.29 bits per heavy atom. The Morgan fingerprint density at radius 2 is 1.86 bits per heavy atom. The molecule has 0 bridgehead atoms. The lowest BCUT2D eigenvalue weighted by Crippen LogP contribution is -2.32. The second-order valence-electron chi connectivity index (χ2n) is 4.57. The second kappa shape index (κ2) is 6.82. The summed E-state index contributed by atoms with van der Waals surface area (Å²) in [6.07, 6.45) is 0.620. The Bertz CT molecular complexity index is 169. The normalized spacial score (nSPS) is 15.3. The molecule has 0 saturated carbocycles. The van der Waals surface area contributed by atoms with Crippen LogP contribution in [0.15, 0.2) is 0 Å². The molecule has 2 atom stereocenters. The van der Waals surface area contributed by atoms with Crippen molar-refractivity contribution < 1.29 is 4.79 Å². The van der Waals surface area contributed by atoms with E-state index in [0.29, 0.717) is 37.3 Å². The van der Waals surface area contributed by atoms with E-state index in [9.17, 15) is 4.79 Å². The Balaban J connectivity index is 3.65. The van der Waals surface area contributed by atoms with Gasteiger partial charge in [0.15, 0.2) is 0 Å². The van der Waals surface area contributed by atoms with Crippen LogP contribution in [0.4, 0.5) is 0 Å². The fraction of sp³-hybridized carbons (Fsp3) is 0.909. The molecule has 2 unspecified atom stereocenters. The van der Waals surface area contributed by atoms with Crippen LogP contribution in [0.1, 0.15) is 34.1 Å². The summed E-state index contributed by atoms with van der Waals surface area (Å²) in [6.45, 7) is 9.74. The molecule has 0 aliphatic heterocycles. The highest BCUT2D eigenvalue weighted by Crippen LogP contribution is 2.13. The first-order chi connectivity index (χ1) is 6.47. The average Bonchev–Trinajstić information content (AvgIpc) is 2.13. The summed E-state index contributed by atoms with van der Waals surface area (Å²) in [5.41, 5.74) is 5.46. The molecule has 0 heterocycles. The first kappa shape index (κ1) is 13.4. The molecule has 0 aromatic rings. The van der Waals surface area contributed by atoms with Crippen LogP contribution in [0.5, 0.6) is 0 Å². The van der Waals surface area contributed by atoms with Gasteiger partial charge in [-0.3, -0.25) is 4.79 Å². The molecule has 3 nitrogen and oxygen atoms in total. The molecular formula is C11H24N2O. The number of nitrogens with two attached hydrogens (primary N) is 1. The van der Waals surface area contributed by atoms with Crippen molar-refractivity contribution in [2.45, 2.75) is 34.1 Å². The van der Waals surface area contributed by atoms with Crippen molar-refractivity contribution in [1.82, 2.24) is 5.32 Å². The largest absolute Gasteiger partial charge is 0.356 e. The third kappa shape index (κ3) is 5.97. The van der Waals surface area contributed by atoms with Gasteiger partial charge in [-0.2, -0.15) is 0 Å². The van der Waals surface area contributed by atoms with E-state index in [1.807, 2.05) is 6.92 Å².